The lowest BCUT2D eigenvalue weighted by atomic mass is 9.86. The first-order valence-electron chi connectivity index (χ1n) is 3.64. The summed E-state index contributed by atoms with van der Waals surface area (Å²) in [5.41, 5.74) is 3.80. The highest BCUT2D eigenvalue weighted by Gasteiger charge is 2.35. The maximum atomic E-state index is 10.4. The van der Waals surface area contributed by atoms with Crippen LogP contribution in [0.25, 0.3) is 0 Å². The summed E-state index contributed by atoms with van der Waals surface area (Å²) in [4.78, 5) is 10.4. The van der Waals surface area contributed by atoms with Gasteiger partial charge in [0.2, 0.25) is 0 Å². The van der Waals surface area contributed by atoms with Crippen LogP contribution in [0.4, 0.5) is 0 Å². The van der Waals surface area contributed by atoms with Crippen LogP contribution in [0.15, 0.2) is 0 Å². The van der Waals surface area contributed by atoms with E-state index in [1.165, 1.54) is 13.8 Å². The largest absolute Gasteiger partial charge is 0.480 e. The van der Waals surface area contributed by atoms with Crippen molar-refractivity contribution in [2.45, 2.75) is 25.5 Å². The third-order valence-corrected chi connectivity index (χ3v) is 2.12. The molecular weight excluding hydrogens is 162 g/mol. The van der Waals surface area contributed by atoms with Crippen LogP contribution in [-0.4, -0.2) is 39.5 Å². The van der Waals surface area contributed by atoms with Crippen molar-refractivity contribution in [2.75, 3.05) is 6.61 Å². The molecule has 12 heavy (non-hydrogen) atoms. The van der Waals surface area contributed by atoms with Crippen LogP contribution >= 0.6 is 0 Å². The number of hydrogen-bond donors (Lipinski definition) is 4. The van der Waals surface area contributed by atoms with Crippen LogP contribution in [0.3, 0.4) is 0 Å². The molecule has 0 aromatic heterocycles. The van der Waals surface area contributed by atoms with Gasteiger partial charge in [-0.2, -0.15) is 0 Å². The second kappa shape index (κ2) is 3.84. The molecule has 0 bridgehead atoms. The normalized spacial score (nSPS) is 21.1. The van der Waals surface area contributed by atoms with Crippen LogP contribution in [0, 0.1) is 5.92 Å². The maximum absolute atomic E-state index is 10.4. The fraction of sp³-hybridized carbons (Fsp3) is 0.857. The molecule has 0 radical (unpaired) electrons. The number of aliphatic carboxylic acids is 1. The summed E-state index contributed by atoms with van der Waals surface area (Å²) < 4.78 is 0. The summed E-state index contributed by atoms with van der Waals surface area (Å²) >= 11 is 0. The van der Waals surface area contributed by atoms with E-state index in [4.69, 9.17) is 15.9 Å². The van der Waals surface area contributed by atoms with Gasteiger partial charge < -0.3 is 21.1 Å². The molecule has 0 aliphatic carbocycles. The lowest BCUT2D eigenvalue weighted by Crippen LogP contribution is -2.50. The second-order valence-electron chi connectivity index (χ2n) is 3.17. The molecular formula is C7H15NO4. The number of rotatable bonds is 4. The number of hydrogen-bond acceptors (Lipinski definition) is 4. The average molecular weight is 177 g/mol. The molecule has 0 fully saturated rings. The van der Waals surface area contributed by atoms with Crippen LogP contribution in [0.5, 0.6) is 0 Å². The predicted molar refractivity (Wildman–Crippen MR) is 42.5 cm³/mol. The number of aliphatic hydroxyl groups is 2. The summed E-state index contributed by atoms with van der Waals surface area (Å²) in [6.45, 7) is 2.32. The highest BCUT2D eigenvalue weighted by Crippen LogP contribution is 2.18. The van der Waals surface area contributed by atoms with Crippen molar-refractivity contribution in [1.82, 2.24) is 0 Å². The van der Waals surface area contributed by atoms with E-state index in [2.05, 4.69) is 0 Å². The molecule has 0 aliphatic rings. The monoisotopic (exact) mass is 177 g/mol. The SMILES string of the molecule is CC(C(N)C(=O)O)C(C)(O)CO. The van der Waals surface area contributed by atoms with Gasteiger partial charge >= 0.3 is 5.97 Å². The Balaban J connectivity index is 4.37. The average Bonchev–Trinajstić information content (AvgIpc) is 2.01. The van der Waals surface area contributed by atoms with Crippen molar-refractivity contribution in [2.24, 2.45) is 11.7 Å². The van der Waals surface area contributed by atoms with Crippen LogP contribution < -0.4 is 5.73 Å². The van der Waals surface area contributed by atoms with Crippen LogP contribution in [0.1, 0.15) is 13.8 Å². The summed E-state index contributed by atoms with van der Waals surface area (Å²) in [7, 11) is 0. The maximum Gasteiger partial charge on any atom is 0.320 e. The van der Waals surface area contributed by atoms with E-state index in [9.17, 15) is 9.90 Å². The standard InChI is InChI=1S/C7H15NO4/c1-4(5(8)6(10)11)7(2,12)3-9/h4-5,9,12H,3,8H2,1-2H3,(H,10,11). The lowest BCUT2D eigenvalue weighted by Gasteiger charge is -2.30. The smallest absolute Gasteiger partial charge is 0.320 e. The Morgan fingerprint density at radius 1 is 1.67 bits per heavy atom. The van der Waals surface area contributed by atoms with Crippen molar-refractivity contribution >= 4 is 5.97 Å². The van der Waals surface area contributed by atoms with Gasteiger partial charge in [-0.1, -0.05) is 6.92 Å². The summed E-state index contributed by atoms with van der Waals surface area (Å²) in [6.07, 6.45) is 0. The molecule has 5 heteroatoms. The molecule has 0 aromatic rings. The zero-order valence-corrected chi connectivity index (χ0v) is 7.19. The minimum atomic E-state index is -1.45. The van der Waals surface area contributed by atoms with Gasteiger partial charge in [-0.25, -0.2) is 0 Å². The van der Waals surface area contributed by atoms with Gasteiger partial charge in [0.1, 0.15) is 6.04 Å². The fourth-order valence-corrected chi connectivity index (χ4v) is 0.745. The molecule has 3 atom stereocenters. The Morgan fingerprint density at radius 3 is 2.33 bits per heavy atom. The first kappa shape index (κ1) is 11.4. The quantitative estimate of drug-likeness (QED) is 0.431. The van der Waals surface area contributed by atoms with Gasteiger partial charge in [0.05, 0.1) is 12.2 Å². The molecule has 5 N–H and O–H groups in total. The van der Waals surface area contributed by atoms with Gasteiger partial charge in [0.25, 0.3) is 0 Å². The van der Waals surface area contributed by atoms with Gasteiger partial charge in [-0.3, -0.25) is 4.79 Å². The van der Waals surface area contributed by atoms with Gasteiger partial charge in [-0.15, -0.1) is 0 Å². The second-order valence-corrected chi connectivity index (χ2v) is 3.17. The fourth-order valence-electron chi connectivity index (χ4n) is 0.745. The van der Waals surface area contributed by atoms with Crippen molar-refractivity contribution in [3.8, 4) is 0 Å². The molecule has 0 rings (SSSR count). The van der Waals surface area contributed by atoms with E-state index in [1.807, 2.05) is 0 Å². The molecule has 0 saturated heterocycles. The Bertz CT molecular complexity index is 169. The minimum absolute atomic E-state index is 0.505. The van der Waals surface area contributed by atoms with E-state index >= 15 is 0 Å². The van der Waals surface area contributed by atoms with Crippen molar-refractivity contribution < 1.29 is 20.1 Å². The molecule has 0 aromatic carbocycles. The number of carboxylic acids is 1. The molecule has 5 nitrogen and oxygen atoms in total. The van der Waals surface area contributed by atoms with E-state index in [-0.39, 0.29) is 0 Å². The minimum Gasteiger partial charge on any atom is -0.480 e. The van der Waals surface area contributed by atoms with Crippen molar-refractivity contribution in [1.29, 1.82) is 0 Å². The molecule has 3 unspecified atom stereocenters. The predicted octanol–water partition coefficient (Wildman–Crippen LogP) is -1.22. The van der Waals surface area contributed by atoms with Crippen molar-refractivity contribution in [3.63, 3.8) is 0 Å². The Kier molecular flexibility index (Phi) is 3.63. The number of aliphatic hydroxyl groups excluding tert-OH is 1. The summed E-state index contributed by atoms with van der Waals surface area (Å²) in [5.74, 6) is -1.88. The molecule has 72 valence electrons. The molecule has 0 amide bonds. The molecule has 0 saturated carbocycles. The molecule has 0 aliphatic heterocycles. The zero-order valence-electron chi connectivity index (χ0n) is 7.19. The van der Waals surface area contributed by atoms with Crippen LogP contribution in [0.2, 0.25) is 0 Å². The van der Waals surface area contributed by atoms with Gasteiger partial charge in [0.15, 0.2) is 0 Å². The first-order chi connectivity index (χ1) is 5.33. The van der Waals surface area contributed by atoms with Gasteiger partial charge in [-0.05, 0) is 6.92 Å². The first-order valence-corrected chi connectivity index (χ1v) is 3.64. The van der Waals surface area contributed by atoms with E-state index in [1.54, 1.807) is 0 Å². The Labute approximate surface area is 70.8 Å². The summed E-state index contributed by atoms with van der Waals surface area (Å²) in [6, 6.07) is -1.16. The van der Waals surface area contributed by atoms with E-state index in [0.29, 0.717) is 0 Å². The van der Waals surface area contributed by atoms with Crippen molar-refractivity contribution in [3.05, 3.63) is 0 Å². The van der Waals surface area contributed by atoms with Crippen LogP contribution in [-0.2, 0) is 4.79 Å². The highest BCUT2D eigenvalue weighted by atomic mass is 16.4. The van der Waals surface area contributed by atoms with E-state index < -0.39 is 30.1 Å². The lowest BCUT2D eigenvalue weighted by molar-refractivity contribution is -0.143. The highest BCUT2D eigenvalue weighted by molar-refractivity contribution is 5.73. The summed E-state index contributed by atoms with van der Waals surface area (Å²) in [5, 5.41) is 26.6. The molecule has 0 heterocycles. The number of carboxylic acid groups (broad SMARTS) is 1. The zero-order chi connectivity index (χ0) is 9.94. The Hall–Kier alpha value is -0.650. The van der Waals surface area contributed by atoms with Gasteiger partial charge in [0, 0.05) is 5.92 Å². The molecule has 0 spiro atoms. The topological polar surface area (TPSA) is 104 Å². The number of carbonyl (C=O) groups is 1. The van der Waals surface area contributed by atoms with E-state index in [0.717, 1.165) is 0 Å². The Morgan fingerprint density at radius 2 is 2.08 bits per heavy atom. The third kappa shape index (κ3) is 2.44. The number of nitrogens with two attached hydrogens (primary N) is 1. The third-order valence-electron chi connectivity index (χ3n) is 2.12.